The molecule has 1 aliphatic heterocycles. The smallest absolute Gasteiger partial charge is 0.252 e. The van der Waals surface area contributed by atoms with Gasteiger partial charge in [-0.2, -0.15) is 0 Å². The van der Waals surface area contributed by atoms with E-state index in [2.05, 4.69) is 39.5 Å². The van der Waals surface area contributed by atoms with E-state index >= 15 is 0 Å². The van der Waals surface area contributed by atoms with Crippen LogP contribution < -0.4 is 15.0 Å². The fraction of sp³-hybridized carbons (Fsp3) is 0.304. The number of nitrogens with one attached hydrogen (secondary N) is 1. The van der Waals surface area contributed by atoms with Gasteiger partial charge in [0, 0.05) is 25.8 Å². The number of anilines is 1. The molecule has 1 amide bonds. The maximum absolute atomic E-state index is 11.9. The summed E-state index contributed by atoms with van der Waals surface area (Å²) in [5, 5.41) is 5.09. The first kappa shape index (κ1) is 19.2. The molecule has 1 saturated heterocycles. The van der Waals surface area contributed by atoms with E-state index in [4.69, 9.17) is 9.47 Å². The Morgan fingerprint density at radius 2 is 2.03 bits per heavy atom. The zero-order chi connectivity index (χ0) is 20.2. The van der Waals surface area contributed by atoms with Gasteiger partial charge in [-0.1, -0.05) is 18.2 Å². The molecule has 150 valence electrons. The summed E-state index contributed by atoms with van der Waals surface area (Å²) in [5.74, 6) is 1.61. The molecule has 2 aromatic carbocycles. The van der Waals surface area contributed by atoms with Gasteiger partial charge in [-0.25, -0.2) is 4.98 Å². The molecule has 0 radical (unpaired) electrons. The molecule has 1 atom stereocenters. The van der Waals surface area contributed by atoms with Crippen molar-refractivity contribution in [3.05, 3.63) is 65.9 Å². The molecule has 1 aliphatic rings. The molecule has 2 heterocycles. The summed E-state index contributed by atoms with van der Waals surface area (Å²) < 4.78 is 11.4. The Kier molecular flexibility index (Phi) is 5.62. The van der Waals surface area contributed by atoms with Crippen LogP contribution in [0.1, 0.15) is 28.9 Å². The fourth-order valence-electron chi connectivity index (χ4n) is 3.60. The number of carbonyl (C=O) groups is 1. The number of ether oxygens (including phenoxy) is 2. The summed E-state index contributed by atoms with van der Waals surface area (Å²) in [7, 11) is 1.68. The van der Waals surface area contributed by atoms with Crippen LogP contribution in [-0.4, -0.2) is 44.2 Å². The van der Waals surface area contributed by atoms with Crippen LogP contribution in [0.2, 0.25) is 0 Å². The topological polar surface area (TPSA) is 63.7 Å². The molecule has 1 N–H and O–H groups in total. The number of morpholine rings is 1. The van der Waals surface area contributed by atoms with Crippen LogP contribution in [0, 0.1) is 0 Å². The van der Waals surface area contributed by atoms with Crippen molar-refractivity contribution >= 4 is 22.5 Å². The molecule has 4 rings (SSSR count). The van der Waals surface area contributed by atoms with Crippen LogP contribution in [-0.2, 0) is 4.74 Å². The summed E-state index contributed by atoms with van der Waals surface area (Å²) in [6.45, 7) is 4.62. The van der Waals surface area contributed by atoms with Gasteiger partial charge in [0.25, 0.3) is 5.91 Å². The maximum atomic E-state index is 11.9. The van der Waals surface area contributed by atoms with Gasteiger partial charge in [-0.05, 0) is 53.6 Å². The maximum Gasteiger partial charge on any atom is 0.252 e. The Morgan fingerprint density at radius 3 is 2.79 bits per heavy atom. The SMILES string of the molecule is CCNC(=O)c1ccc(N2CCO[C@H](c3ccc4cc(OC)ccc4c3)C2)nc1. The molecule has 0 spiro atoms. The van der Waals surface area contributed by atoms with E-state index in [9.17, 15) is 4.79 Å². The molecule has 0 saturated carbocycles. The first-order valence-corrected chi connectivity index (χ1v) is 9.86. The van der Waals surface area contributed by atoms with Crippen LogP contribution in [0.25, 0.3) is 10.8 Å². The second-order valence-electron chi connectivity index (χ2n) is 7.04. The molecule has 1 fully saturated rings. The van der Waals surface area contributed by atoms with Gasteiger partial charge >= 0.3 is 0 Å². The monoisotopic (exact) mass is 391 g/mol. The normalized spacial score (nSPS) is 16.6. The van der Waals surface area contributed by atoms with Gasteiger partial charge in [0.1, 0.15) is 17.7 Å². The molecular weight excluding hydrogens is 366 g/mol. The van der Waals surface area contributed by atoms with Crippen LogP contribution in [0.4, 0.5) is 5.82 Å². The van der Waals surface area contributed by atoms with Crippen LogP contribution in [0.15, 0.2) is 54.7 Å². The number of amides is 1. The summed E-state index contributed by atoms with van der Waals surface area (Å²) >= 11 is 0. The molecule has 6 nitrogen and oxygen atoms in total. The highest BCUT2D eigenvalue weighted by molar-refractivity contribution is 5.94. The molecule has 0 unspecified atom stereocenters. The molecule has 6 heteroatoms. The highest BCUT2D eigenvalue weighted by atomic mass is 16.5. The van der Waals surface area contributed by atoms with Crippen molar-refractivity contribution in [1.29, 1.82) is 0 Å². The average molecular weight is 391 g/mol. The summed E-state index contributed by atoms with van der Waals surface area (Å²) in [6, 6.07) is 16.2. The van der Waals surface area contributed by atoms with Gasteiger partial charge in [0.15, 0.2) is 0 Å². The van der Waals surface area contributed by atoms with Gasteiger partial charge in [-0.15, -0.1) is 0 Å². The quantitative estimate of drug-likeness (QED) is 0.720. The van der Waals surface area contributed by atoms with E-state index < -0.39 is 0 Å². The van der Waals surface area contributed by atoms with Gasteiger partial charge in [0.05, 0.1) is 19.3 Å². The number of pyridine rings is 1. The van der Waals surface area contributed by atoms with E-state index in [1.54, 1.807) is 13.3 Å². The first-order valence-electron chi connectivity index (χ1n) is 9.86. The van der Waals surface area contributed by atoms with Gasteiger partial charge in [0.2, 0.25) is 0 Å². The number of aromatic nitrogens is 1. The summed E-state index contributed by atoms with van der Waals surface area (Å²) in [5.41, 5.74) is 1.72. The Hall–Kier alpha value is -3.12. The largest absolute Gasteiger partial charge is 0.497 e. The lowest BCUT2D eigenvalue weighted by Gasteiger charge is -2.34. The lowest BCUT2D eigenvalue weighted by molar-refractivity contribution is 0.0396. The van der Waals surface area contributed by atoms with Crippen LogP contribution in [0.3, 0.4) is 0 Å². The van der Waals surface area contributed by atoms with E-state index in [0.717, 1.165) is 41.0 Å². The van der Waals surface area contributed by atoms with Crippen molar-refractivity contribution < 1.29 is 14.3 Å². The van der Waals surface area contributed by atoms with E-state index in [0.29, 0.717) is 18.7 Å². The average Bonchev–Trinajstić information content (AvgIpc) is 2.78. The lowest BCUT2D eigenvalue weighted by atomic mass is 10.0. The number of hydrogen-bond acceptors (Lipinski definition) is 5. The van der Waals surface area contributed by atoms with E-state index in [-0.39, 0.29) is 12.0 Å². The standard InChI is InChI=1S/C23H25N3O3/c1-3-24-23(27)19-7-9-22(25-14-19)26-10-11-29-21(15-26)18-5-4-17-13-20(28-2)8-6-16(17)12-18/h4-9,12-14,21H,3,10-11,15H2,1-2H3,(H,24,27)/t21-/m0/s1. The molecule has 0 aliphatic carbocycles. The number of fused-ring (bicyclic) bond motifs is 1. The van der Waals surface area contributed by atoms with Gasteiger partial charge in [-0.3, -0.25) is 4.79 Å². The second-order valence-corrected chi connectivity index (χ2v) is 7.04. The number of methoxy groups -OCH3 is 1. The molecule has 1 aromatic heterocycles. The van der Waals surface area contributed by atoms with Gasteiger partial charge < -0.3 is 19.7 Å². The highest BCUT2D eigenvalue weighted by Crippen LogP contribution is 2.29. The van der Waals surface area contributed by atoms with E-state index in [1.807, 2.05) is 31.2 Å². The third kappa shape index (κ3) is 4.17. The number of hydrogen-bond donors (Lipinski definition) is 1. The number of rotatable bonds is 5. The van der Waals surface area contributed by atoms with Crippen molar-refractivity contribution in [3.8, 4) is 5.75 Å². The third-order valence-corrected chi connectivity index (χ3v) is 5.18. The third-order valence-electron chi connectivity index (χ3n) is 5.18. The Balaban J connectivity index is 1.51. The molecule has 3 aromatic rings. The van der Waals surface area contributed by atoms with E-state index in [1.165, 1.54) is 0 Å². The Morgan fingerprint density at radius 1 is 1.21 bits per heavy atom. The fourth-order valence-corrected chi connectivity index (χ4v) is 3.60. The first-order chi connectivity index (χ1) is 14.2. The number of nitrogens with zero attached hydrogens (tertiary/aromatic N) is 2. The predicted octanol–water partition coefficient (Wildman–Crippen LogP) is 3.57. The Bertz CT molecular complexity index is 1000. The molecule has 0 bridgehead atoms. The van der Waals surface area contributed by atoms with Crippen molar-refractivity contribution in [2.75, 3.05) is 38.3 Å². The second kappa shape index (κ2) is 8.49. The van der Waals surface area contributed by atoms with Crippen LogP contribution >= 0.6 is 0 Å². The van der Waals surface area contributed by atoms with Crippen molar-refractivity contribution in [2.24, 2.45) is 0 Å². The minimum atomic E-state index is -0.0980. The van der Waals surface area contributed by atoms with Crippen molar-refractivity contribution in [3.63, 3.8) is 0 Å². The highest BCUT2D eigenvalue weighted by Gasteiger charge is 2.23. The Labute approximate surface area is 170 Å². The molecular formula is C23H25N3O3. The number of benzene rings is 2. The minimum absolute atomic E-state index is 0.0277. The van der Waals surface area contributed by atoms with Crippen molar-refractivity contribution in [1.82, 2.24) is 10.3 Å². The predicted molar refractivity (Wildman–Crippen MR) is 114 cm³/mol. The molecule has 29 heavy (non-hydrogen) atoms. The van der Waals surface area contributed by atoms with Crippen molar-refractivity contribution in [2.45, 2.75) is 13.0 Å². The summed E-state index contributed by atoms with van der Waals surface area (Å²) in [4.78, 5) is 18.6. The van der Waals surface area contributed by atoms with Crippen LogP contribution in [0.5, 0.6) is 5.75 Å². The summed E-state index contributed by atoms with van der Waals surface area (Å²) in [6.07, 6.45) is 1.61. The zero-order valence-corrected chi connectivity index (χ0v) is 16.7. The lowest BCUT2D eigenvalue weighted by Crippen LogP contribution is -2.38. The number of carbonyl (C=O) groups excluding carboxylic acids is 1. The minimum Gasteiger partial charge on any atom is -0.497 e. The zero-order valence-electron chi connectivity index (χ0n) is 16.7.